The van der Waals surface area contributed by atoms with Crippen LogP contribution in [0.3, 0.4) is 0 Å². The summed E-state index contributed by atoms with van der Waals surface area (Å²) in [6.45, 7) is 0. The van der Waals surface area contributed by atoms with Crippen molar-refractivity contribution in [1.82, 2.24) is 0 Å². The zero-order valence-corrected chi connectivity index (χ0v) is 13.6. The first-order valence-corrected chi connectivity index (χ1v) is 8.79. The van der Waals surface area contributed by atoms with Gasteiger partial charge >= 0.3 is 5.97 Å². The van der Waals surface area contributed by atoms with Crippen LogP contribution in [0.1, 0.15) is 22.0 Å². The molecule has 0 aliphatic rings. The second kappa shape index (κ2) is 7.14. The van der Waals surface area contributed by atoms with Gasteiger partial charge in [-0.1, -0.05) is 42.5 Å². The smallest absolute Gasteiger partial charge is 0.341 e. The van der Waals surface area contributed by atoms with E-state index in [4.69, 9.17) is 10.5 Å². The van der Waals surface area contributed by atoms with Gasteiger partial charge in [-0.3, -0.25) is 9.52 Å². The molecule has 2 rings (SSSR count). The van der Waals surface area contributed by atoms with E-state index in [0.29, 0.717) is 5.56 Å². The Bertz CT molecular complexity index is 850. The van der Waals surface area contributed by atoms with Gasteiger partial charge in [0.25, 0.3) is 5.91 Å². The first-order valence-electron chi connectivity index (χ1n) is 6.90. The molecule has 8 heteroatoms. The molecule has 2 aromatic carbocycles. The molecule has 0 saturated heterocycles. The van der Waals surface area contributed by atoms with Crippen LogP contribution in [0.15, 0.2) is 54.6 Å². The zero-order valence-electron chi connectivity index (χ0n) is 12.8. The van der Waals surface area contributed by atoms with Crippen molar-refractivity contribution in [2.24, 2.45) is 5.73 Å². The summed E-state index contributed by atoms with van der Waals surface area (Å²) in [4.78, 5) is 24.0. The monoisotopic (exact) mass is 348 g/mol. The molecule has 0 aliphatic heterocycles. The number of para-hydroxylation sites is 1. The number of hydrogen-bond acceptors (Lipinski definition) is 5. The van der Waals surface area contributed by atoms with E-state index >= 15 is 0 Å². The Morgan fingerprint density at radius 1 is 1.04 bits per heavy atom. The highest BCUT2D eigenvalue weighted by atomic mass is 32.2. The molecule has 7 nitrogen and oxygen atoms in total. The van der Waals surface area contributed by atoms with Gasteiger partial charge in [0.15, 0.2) is 0 Å². The molecular weight excluding hydrogens is 332 g/mol. The first-order chi connectivity index (χ1) is 11.3. The Kier molecular flexibility index (Phi) is 5.20. The lowest BCUT2D eigenvalue weighted by atomic mass is 10.1. The number of benzene rings is 2. The number of rotatable bonds is 6. The van der Waals surface area contributed by atoms with Gasteiger partial charge in [0.1, 0.15) is 0 Å². The maximum Gasteiger partial charge on any atom is 0.341 e. The molecule has 1 atom stereocenters. The van der Waals surface area contributed by atoms with Crippen molar-refractivity contribution < 1.29 is 22.7 Å². The molecule has 0 spiro atoms. The fraction of sp³-hybridized carbons (Fsp3) is 0.125. The van der Waals surface area contributed by atoms with E-state index in [1.807, 2.05) is 0 Å². The van der Waals surface area contributed by atoms with Crippen LogP contribution in [0.2, 0.25) is 0 Å². The van der Waals surface area contributed by atoms with Crippen LogP contribution in [0.4, 0.5) is 5.69 Å². The number of hydrogen-bond donors (Lipinski definition) is 2. The van der Waals surface area contributed by atoms with Gasteiger partial charge in [-0.2, -0.15) is 0 Å². The molecule has 1 amide bonds. The number of carbonyl (C=O) groups excluding carboxylic acids is 2. The first kappa shape index (κ1) is 17.5. The van der Waals surface area contributed by atoms with Crippen molar-refractivity contribution in [1.29, 1.82) is 0 Å². The van der Waals surface area contributed by atoms with Crippen LogP contribution in [0, 0.1) is 0 Å². The Morgan fingerprint density at radius 3 is 2.21 bits per heavy atom. The fourth-order valence-corrected chi connectivity index (χ4v) is 2.62. The molecule has 0 unspecified atom stereocenters. The van der Waals surface area contributed by atoms with E-state index in [1.54, 1.807) is 42.5 Å². The highest BCUT2D eigenvalue weighted by molar-refractivity contribution is 7.92. The predicted octanol–water partition coefficient (Wildman–Crippen LogP) is 1.44. The Hall–Kier alpha value is -2.87. The van der Waals surface area contributed by atoms with Gasteiger partial charge in [-0.05, 0) is 12.1 Å². The molecule has 24 heavy (non-hydrogen) atoms. The van der Waals surface area contributed by atoms with Crippen molar-refractivity contribution >= 4 is 27.6 Å². The lowest BCUT2D eigenvalue weighted by Crippen LogP contribution is -2.26. The summed E-state index contributed by atoms with van der Waals surface area (Å²) < 4.78 is 30.2. The van der Waals surface area contributed by atoms with E-state index in [0.717, 1.165) is 6.26 Å². The normalized spacial score (nSPS) is 12.2. The lowest BCUT2D eigenvalue weighted by Gasteiger charge is -2.16. The second-order valence-corrected chi connectivity index (χ2v) is 6.77. The molecule has 3 N–H and O–H groups in total. The number of ether oxygens (including phenoxy) is 1. The van der Waals surface area contributed by atoms with E-state index in [2.05, 4.69) is 4.72 Å². The summed E-state index contributed by atoms with van der Waals surface area (Å²) in [5.74, 6) is -1.70. The molecule has 0 heterocycles. The molecular formula is C16H16N2O5S. The summed E-state index contributed by atoms with van der Waals surface area (Å²) in [5, 5.41) is 0. The van der Waals surface area contributed by atoms with Gasteiger partial charge in [0, 0.05) is 5.56 Å². The SMILES string of the molecule is CS(=O)(=O)Nc1ccccc1C(=O)O[C@H](C(N)=O)c1ccccc1. The van der Waals surface area contributed by atoms with Crippen molar-refractivity contribution in [3.05, 3.63) is 65.7 Å². The lowest BCUT2D eigenvalue weighted by molar-refractivity contribution is -0.127. The van der Waals surface area contributed by atoms with E-state index in [-0.39, 0.29) is 11.3 Å². The summed E-state index contributed by atoms with van der Waals surface area (Å²) in [7, 11) is -3.58. The summed E-state index contributed by atoms with van der Waals surface area (Å²) in [6.07, 6.45) is -0.310. The minimum atomic E-state index is -3.58. The molecule has 0 bridgehead atoms. The minimum absolute atomic E-state index is 0.0230. The number of nitrogens with one attached hydrogen (secondary N) is 1. The second-order valence-electron chi connectivity index (χ2n) is 5.02. The van der Waals surface area contributed by atoms with Crippen molar-refractivity contribution in [3.8, 4) is 0 Å². The largest absolute Gasteiger partial charge is 0.444 e. The third-order valence-corrected chi connectivity index (χ3v) is 3.62. The standard InChI is InChI=1S/C16H16N2O5S/c1-24(21,22)18-13-10-6-5-9-12(13)16(20)23-14(15(17)19)11-7-3-2-4-8-11/h2-10,14,18H,1H3,(H2,17,19)/t14-/m0/s1. The molecule has 0 aromatic heterocycles. The number of primary amides is 1. The average Bonchev–Trinajstić information content (AvgIpc) is 2.52. The van der Waals surface area contributed by atoms with Crippen LogP contribution < -0.4 is 10.5 Å². The predicted molar refractivity (Wildman–Crippen MR) is 88.7 cm³/mol. The molecule has 0 saturated carbocycles. The summed E-state index contributed by atoms with van der Waals surface area (Å²) in [5.41, 5.74) is 5.76. The van der Waals surface area contributed by atoms with Gasteiger partial charge < -0.3 is 10.5 Å². The molecule has 0 radical (unpaired) electrons. The quantitative estimate of drug-likeness (QED) is 0.766. The number of carbonyl (C=O) groups is 2. The van der Waals surface area contributed by atoms with Gasteiger partial charge in [-0.25, -0.2) is 13.2 Å². The third kappa shape index (κ3) is 4.56. The summed E-state index contributed by atoms with van der Waals surface area (Å²) >= 11 is 0. The molecule has 0 aliphatic carbocycles. The molecule has 2 aromatic rings. The van der Waals surface area contributed by atoms with E-state index in [1.165, 1.54) is 12.1 Å². The molecule has 126 valence electrons. The highest BCUT2D eigenvalue weighted by Gasteiger charge is 2.24. The van der Waals surface area contributed by atoms with Gasteiger partial charge in [0.05, 0.1) is 17.5 Å². The van der Waals surface area contributed by atoms with E-state index < -0.39 is 28.0 Å². The van der Waals surface area contributed by atoms with Crippen LogP contribution >= 0.6 is 0 Å². The van der Waals surface area contributed by atoms with Crippen LogP contribution in [0.5, 0.6) is 0 Å². The number of sulfonamides is 1. The number of anilines is 1. The minimum Gasteiger partial charge on any atom is -0.444 e. The third-order valence-electron chi connectivity index (χ3n) is 3.03. The maximum atomic E-state index is 12.4. The highest BCUT2D eigenvalue weighted by Crippen LogP contribution is 2.22. The van der Waals surface area contributed by atoms with Crippen molar-refractivity contribution in [2.45, 2.75) is 6.10 Å². The topological polar surface area (TPSA) is 116 Å². The molecule has 0 fully saturated rings. The Balaban J connectivity index is 2.30. The van der Waals surface area contributed by atoms with Gasteiger partial charge in [-0.15, -0.1) is 0 Å². The Morgan fingerprint density at radius 2 is 1.62 bits per heavy atom. The van der Waals surface area contributed by atoms with Gasteiger partial charge in [0.2, 0.25) is 16.1 Å². The number of amides is 1. The van der Waals surface area contributed by atoms with E-state index in [9.17, 15) is 18.0 Å². The Labute approximate surface area is 139 Å². The average molecular weight is 348 g/mol. The summed E-state index contributed by atoms with van der Waals surface area (Å²) in [6, 6.07) is 14.2. The van der Waals surface area contributed by atoms with Crippen molar-refractivity contribution in [2.75, 3.05) is 11.0 Å². The van der Waals surface area contributed by atoms with Crippen LogP contribution in [0.25, 0.3) is 0 Å². The maximum absolute atomic E-state index is 12.4. The van der Waals surface area contributed by atoms with Crippen LogP contribution in [-0.2, 0) is 19.6 Å². The fourth-order valence-electron chi connectivity index (χ4n) is 2.04. The van der Waals surface area contributed by atoms with Crippen molar-refractivity contribution in [3.63, 3.8) is 0 Å². The number of nitrogens with two attached hydrogens (primary N) is 1. The van der Waals surface area contributed by atoms with Crippen LogP contribution in [-0.4, -0.2) is 26.6 Å². The number of esters is 1. The zero-order chi connectivity index (χ0) is 17.7.